The number of benzene rings is 2. The molecule has 21 heavy (non-hydrogen) atoms. The Morgan fingerprint density at radius 2 is 1.62 bits per heavy atom. The minimum absolute atomic E-state index is 0.135. The van der Waals surface area contributed by atoms with E-state index in [1.165, 1.54) is 12.1 Å². The normalized spacial score (nSPS) is 11.5. The van der Waals surface area contributed by atoms with Gasteiger partial charge in [-0.15, -0.1) is 0 Å². The van der Waals surface area contributed by atoms with Gasteiger partial charge < -0.3 is 5.32 Å². The zero-order chi connectivity index (χ0) is 15.6. The van der Waals surface area contributed by atoms with Gasteiger partial charge in [-0.1, -0.05) is 34.1 Å². The van der Waals surface area contributed by atoms with E-state index in [2.05, 4.69) is 21.2 Å². The second-order valence-electron chi connectivity index (χ2n) is 4.93. The molecule has 0 aliphatic heterocycles. The summed E-state index contributed by atoms with van der Waals surface area (Å²) in [5.74, 6) is 0. The molecule has 0 saturated carbocycles. The van der Waals surface area contributed by atoms with Crippen LogP contribution in [0, 0.1) is 13.8 Å². The molecule has 1 N–H and O–H groups in total. The highest BCUT2D eigenvalue weighted by atomic mass is 79.9. The quantitative estimate of drug-likeness (QED) is 0.743. The highest BCUT2D eigenvalue weighted by molar-refractivity contribution is 9.10. The molecule has 0 bridgehead atoms. The van der Waals surface area contributed by atoms with Crippen LogP contribution in [0.1, 0.15) is 22.3 Å². The summed E-state index contributed by atoms with van der Waals surface area (Å²) >= 11 is 3.47. The van der Waals surface area contributed by atoms with Gasteiger partial charge in [0.05, 0.1) is 5.56 Å². The van der Waals surface area contributed by atoms with Crippen LogP contribution < -0.4 is 5.32 Å². The molecule has 0 aliphatic rings. The average Bonchev–Trinajstić information content (AvgIpc) is 2.41. The predicted octanol–water partition coefficient (Wildman–Crippen LogP) is 5.70. The lowest BCUT2D eigenvalue weighted by Crippen LogP contribution is -2.11. The lowest BCUT2D eigenvalue weighted by Gasteiger charge is -2.15. The van der Waals surface area contributed by atoms with Crippen LogP contribution in [0.25, 0.3) is 0 Å². The number of nitrogens with one attached hydrogen (secondary N) is 1. The van der Waals surface area contributed by atoms with Crippen molar-refractivity contribution in [1.29, 1.82) is 0 Å². The zero-order valence-electron chi connectivity index (χ0n) is 11.7. The molecular weight excluding hydrogens is 343 g/mol. The second kappa shape index (κ2) is 6.10. The van der Waals surface area contributed by atoms with E-state index in [9.17, 15) is 13.2 Å². The highest BCUT2D eigenvalue weighted by Crippen LogP contribution is 2.32. The predicted molar refractivity (Wildman–Crippen MR) is 82.4 cm³/mol. The number of rotatable bonds is 3. The molecule has 0 aliphatic carbocycles. The minimum Gasteiger partial charge on any atom is -0.381 e. The summed E-state index contributed by atoms with van der Waals surface area (Å²) in [5.41, 5.74) is 2.54. The van der Waals surface area contributed by atoms with Gasteiger partial charge in [0.2, 0.25) is 0 Å². The van der Waals surface area contributed by atoms with Gasteiger partial charge in [0.25, 0.3) is 0 Å². The van der Waals surface area contributed by atoms with E-state index in [1.807, 2.05) is 26.0 Å². The standard InChI is InChI=1S/C16H15BrF3N/c1-10-7-13(8-11(2)15(10)17)21-9-12-5-3-4-6-14(12)16(18,19)20/h3-8,21H,9H2,1-2H3. The van der Waals surface area contributed by atoms with E-state index in [0.29, 0.717) is 0 Å². The maximum Gasteiger partial charge on any atom is 0.416 e. The molecule has 0 amide bonds. The van der Waals surface area contributed by atoms with Crippen LogP contribution in [0.4, 0.5) is 18.9 Å². The van der Waals surface area contributed by atoms with Crippen molar-refractivity contribution in [3.63, 3.8) is 0 Å². The molecule has 0 fully saturated rings. The zero-order valence-corrected chi connectivity index (χ0v) is 13.3. The number of halogens is 4. The molecule has 5 heteroatoms. The topological polar surface area (TPSA) is 12.0 Å². The van der Waals surface area contributed by atoms with E-state index in [4.69, 9.17) is 0 Å². The monoisotopic (exact) mass is 357 g/mol. The van der Waals surface area contributed by atoms with Crippen LogP contribution in [0.15, 0.2) is 40.9 Å². The maximum atomic E-state index is 12.9. The van der Waals surface area contributed by atoms with Crippen molar-refractivity contribution in [2.75, 3.05) is 5.32 Å². The molecule has 0 radical (unpaired) electrons. The summed E-state index contributed by atoms with van der Waals surface area (Å²) in [6.07, 6.45) is -4.33. The number of aryl methyl sites for hydroxylation is 2. The minimum atomic E-state index is -4.33. The Labute approximate surface area is 130 Å². The van der Waals surface area contributed by atoms with Crippen molar-refractivity contribution in [3.05, 3.63) is 63.1 Å². The molecule has 0 heterocycles. The fourth-order valence-electron chi connectivity index (χ4n) is 2.20. The SMILES string of the molecule is Cc1cc(NCc2ccccc2C(F)(F)F)cc(C)c1Br. The summed E-state index contributed by atoms with van der Waals surface area (Å²) in [5, 5.41) is 3.06. The molecule has 2 rings (SSSR count). The largest absolute Gasteiger partial charge is 0.416 e. The fraction of sp³-hybridized carbons (Fsp3) is 0.250. The van der Waals surface area contributed by atoms with E-state index in [1.54, 1.807) is 6.07 Å². The van der Waals surface area contributed by atoms with E-state index < -0.39 is 11.7 Å². The van der Waals surface area contributed by atoms with Crippen LogP contribution in [0.2, 0.25) is 0 Å². The lowest BCUT2D eigenvalue weighted by atomic mass is 10.1. The van der Waals surface area contributed by atoms with E-state index in [-0.39, 0.29) is 12.1 Å². The van der Waals surface area contributed by atoms with Crippen LogP contribution in [0.5, 0.6) is 0 Å². The molecule has 2 aromatic rings. The Balaban J connectivity index is 2.21. The van der Waals surface area contributed by atoms with Crippen LogP contribution in [-0.2, 0) is 12.7 Å². The van der Waals surface area contributed by atoms with Crippen LogP contribution >= 0.6 is 15.9 Å². The second-order valence-corrected chi connectivity index (χ2v) is 5.73. The smallest absolute Gasteiger partial charge is 0.381 e. The first kappa shape index (κ1) is 15.9. The first-order chi connectivity index (χ1) is 9.79. The Morgan fingerprint density at radius 3 is 2.19 bits per heavy atom. The van der Waals surface area contributed by atoms with Gasteiger partial charge >= 0.3 is 6.18 Å². The first-order valence-electron chi connectivity index (χ1n) is 6.45. The number of hydrogen-bond donors (Lipinski definition) is 1. The summed E-state index contributed by atoms with van der Waals surface area (Å²) in [6.45, 7) is 4.04. The summed E-state index contributed by atoms with van der Waals surface area (Å²) < 4.78 is 39.8. The molecule has 0 atom stereocenters. The molecule has 0 saturated heterocycles. The van der Waals surface area contributed by atoms with Crippen molar-refractivity contribution >= 4 is 21.6 Å². The summed E-state index contributed by atoms with van der Waals surface area (Å²) in [7, 11) is 0. The molecular formula is C16H15BrF3N. The Bertz CT molecular complexity index is 627. The van der Waals surface area contributed by atoms with Gasteiger partial charge in [-0.25, -0.2) is 0 Å². The Hall–Kier alpha value is -1.49. The van der Waals surface area contributed by atoms with Crippen molar-refractivity contribution in [3.8, 4) is 0 Å². The summed E-state index contributed by atoms with van der Waals surface area (Å²) in [6, 6.07) is 9.44. The summed E-state index contributed by atoms with van der Waals surface area (Å²) in [4.78, 5) is 0. The lowest BCUT2D eigenvalue weighted by molar-refractivity contribution is -0.138. The van der Waals surface area contributed by atoms with E-state index >= 15 is 0 Å². The molecule has 0 unspecified atom stereocenters. The third-order valence-electron chi connectivity index (χ3n) is 3.24. The van der Waals surface area contributed by atoms with Crippen molar-refractivity contribution < 1.29 is 13.2 Å². The number of alkyl halides is 3. The van der Waals surface area contributed by atoms with Gasteiger partial charge in [-0.3, -0.25) is 0 Å². The maximum absolute atomic E-state index is 12.9. The van der Waals surface area contributed by atoms with Crippen molar-refractivity contribution in [1.82, 2.24) is 0 Å². The Kier molecular flexibility index (Phi) is 4.61. The van der Waals surface area contributed by atoms with Gasteiger partial charge in [0, 0.05) is 16.7 Å². The van der Waals surface area contributed by atoms with Crippen LogP contribution in [-0.4, -0.2) is 0 Å². The van der Waals surface area contributed by atoms with Gasteiger partial charge in [-0.05, 0) is 48.7 Å². The third-order valence-corrected chi connectivity index (χ3v) is 4.49. The highest BCUT2D eigenvalue weighted by Gasteiger charge is 2.32. The van der Waals surface area contributed by atoms with Crippen LogP contribution in [0.3, 0.4) is 0 Å². The van der Waals surface area contributed by atoms with Gasteiger partial charge in [0.15, 0.2) is 0 Å². The third kappa shape index (κ3) is 3.79. The van der Waals surface area contributed by atoms with Gasteiger partial charge in [0.1, 0.15) is 0 Å². The number of hydrogen-bond acceptors (Lipinski definition) is 1. The van der Waals surface area contributed by atoms with E-state index in [0.717, 1.165) is 27.4 Å². The fourth-order valence-corrected chi connectivity index (χ4v) is 2.43. The van der Waals surface area contributed by atoms with Gasteiger partial charge in [-0.2, -0.15) is 13.2 Å². The molecule has 1 nitrogen and oxygen atoms in total. The molecule has 0 spiro atoms. The van der Waals surface area contributed by atoms with Crippen molar-refractivity contribution in [2.24, 2.45) is 0 Å². The number of anilines is 1. The Morgan fingerprint density at radius 1 is 1.05 bits per heavy atom. The molecule has 2 aromatic carbocycles. The average molecular weight is 358 g/mol. The molecule has 0 aromatic heterocycles. The molecule has 112 valence electrons. The van der Waals surface area contributed by atoms with Crippen molar-refractivity contribution in [2.45, 2.75) is 26.6 Å². The first-order valence-corrected chi connectivity index (χ1v) is 7.24.